The minimum absolute atomic E-state index is 0.108. The van der Waals surface area contributed by atoms with Gasteiger partial charge in [0, 0.05) is 31.9 Å². The summed E-state index contributed by atoms with van der Waals surface area (Å²) in [6.45, 7) is 2.45. The number of hydrogen-bond donors (Lipinski definition) is 1. The highest BCUT2D eigenvalue weighted by Gasteiger charge is 2.24. The molecule has 0 saturated carbocycles. The number of nitrogens with two attached hydrogens (primary N) is 1. The van der Waals surface area contributed by atoms with Gasteiger partial charge in [-0.05, 0) is 30.3 Å². The van der Waals surface area contributed by atoms with E-state index in [1.807, 2.05) is 4.90 Å². The Morgan fingerprint density at radius 3 is 2.57 bits per heavy atom. The molecule has 0 atom stereocenters. The molecule has 1 aliphatic rings. The Bertz CT molecular complexity index is 634. The highest BCUT2D eigenvalue weighted by molar-refractivity contribution is 5.91. The van der Waals surface area contributed by atoms with Gasteiger partial charge in [0.15, 0.2) is 5.76 Å². The normalized spacial score (nSPS) is 15.3. The highest BCUT2D eigenvalue weighted by atomic mass is 19.1. The quantitative estimate of drug-likeness (QED) is 0.859. The summed E-state index contributed by atoms with van der Waals surface area (Å²) < 4.78 is 18.6. The van der Waals surface area contributed by atoms with Gasteiger partial charge < -0.3 is 20.0 Å². The van der Waals surface area contributed by atoms with Gasteiger partial charge in [0.25, 0.3) is 5.91 Å². The van der Waals surface area contributed by atoms with E-state index in [2.05, 4.69) is 0 Å². The molecule has 6 heteroatoms. The van der Waals surface area contributed by atoms with Crippen molar-refractivity contribution in [3.8, 4) is 0 Å². The third kappa shape index (κ3) is 2.69. The number of halogens is 1. The topological polar surface area (TPSA) is 62.7 Å². The molecule has 1 amide bonds. The van der Waals surface area contributed by atoms with E-state index in [-0.39, 0.29) is 11.6 Å². The first kappa shape index (κ1) is 13.5. The molecule has 5 nitrogen and oxygen atoms in total. The van der Waals surface area contributed by atoms with Crippen molar-refractivity contribution in [2.75, 3.05) is 36.8 Å². The fraction of sp³-hybridized carbons (Fsp3) is 0.267. The number of piperazine rings is 1. The minimum Gasteiger partial charge on any atom is -0.459 e. The Kier molecular flexibility index (Phi) is 3.51. The van der Waals surface area contributed by atoms with Gasteiger partial charge in [-0.3, -0.25) is 4.79 Å². The van der Waals surface area contributed by atoms with Crippen molar-refractivity contribution in [2.45, 2.75) is 0 Å². The molecule has 0 unspecified atom stereocenters. The van der Waals surface area contributed by atoms with Crippen molar-refractivity contribution in [3.63, 3.8) is 0 Å². The van der Waals surface area contributed by atoms with Crippen LogP contribution in [0.15, 0.2) is 41.0 Å². The van der Waals surface area contributed by atoms with Crippen LogP contribution in [0.5, 0.6) is 0 Å². The van der Waals surface area contributed by atoms with E-state index in [4.69, 9.17) is 10.2 Å². The molecule has 110 valence electrons. The van der Waals surface area contributed by atoms with Crippen molar-refractivity contribution < 1.29 is 13.6 Å². The molecule has 21 heavy (non-hydrogen) atoms. The molecule has 0 bridgehead atoms. The lowest BCUT2D eigenvalue weighted by atomic mass is 10.2. The molecule has 0 aliphatic carbocycles. The van der Waals surface area contributed by atoms with Crippen molar-refractivity contribution in [2.24, 2.45) is 0 Å². The summed E-state index contributed by atoms with van der Waals surface area (Å²) in [4.78, 5) is 15.9. The maximum Gasteiger partial charge on any atom is 0.289 e. The van der Waals surface area contributed by atoms with Crippen LogP contribution in [-0.2, 0) is 0 Å². The zero-order valence-electron chi connectivity index (χ0n) is 11.5. The number of anilines is 2. The van der Waals surface area contributed by atoms with Crippen molar-refractivity contribution in [1.82, 2.24) is 4.90 Å². The number of carbonyl (C=O) groups is 1. The second kappa shape index (κ2) is 5.47. The number of nitrogen functional groups attached to an aromatic ring is 1. The van der Waals surface area contributed by atoms with E-state index < -0.39 is 5.82 Å². The van der Waals surface area contributed by atoms with E-state index >= 15 is 0 Å². The molecule has 0 radical (unpaired) electrons. The summed E-state index contributed by atoms with van der Waals surface area (Å²) in [5.74, 6) is -0.174. The Morgan fingerprint density at radius 1 is 1.19 bits per heavy atom. The molecule has 3 rings (SSSR count). The van der Waals surface area contributed by atoms with Crippen LogP contribution in [0.2, 0.25) is 0 Å². The third-order valence-corrected chi connectivity index (χ3v) is 3.65. The van der Waals surface area contributed by atoms with Crippen LogP contribution in [0.3, 0.4) is 0 Å². The van der Waals surface area contributed by atoms with Gasteiger partial charge in [-0.25, -0.2) is 4.39 Å². The van der Waals surface area contributed by atoms with Gasteiger partial charge in [-0.2, -0.15) is 0 Å². The van der Waals surface area contributed by atoms with Crippen LogP contribution in [0.4, 0.5) is 15.8 Å². The zero-order valence-corrected chi connectivity index (χ0v) is 11.5. The van der Waals surface area contributed by atoms with Crippen LogP contribution < -0.4 is 10.6 Å². The predicted molar refractivity (Wildman–Crippen MR) is 77.6 cm³/mol. The number of rotatable bonds is 2. The number of hydrogen-bond acceptors (Lipinski definition) is 4. The van der Waals surface area contributed by atoms with Crippen molar-refractivity contribution in [3.05, 3.63) is 48.2 Å². The van der Waals surface area contributed by atoms with Gasteiger partial charge in [0.05, 0.1) is 12.0 Å². The molecule has 1 aliphatic heterocycles. The number of furan rings is 1. The van der Waals surface area contributed by atoms with Gasteiger partial charge >= 0.3 is 0 Å². The number of carbonyl (C=O) groups excluding carboxylic acids is 1. The van der Waals surface area contributed by atoms with Crippen LogP contribution in [-0.4, -0.2) is 37.0 Å². The van der Waals surface area contributed by atoms with E-state index in [0.717, 1.165) is 5.69 Å². The van der Waals surface area contributed by atoms with Gasteiger partial charge in [-0.1, -0.05) is 0 Å². The maximum absolute atomic E-state index is 13.5. The summed E-state index contributed by atoms with van der Waals surface area (Å²) >= 11 is 0. The monoisotopic (exact) mass is 289 g/mol. The highest BCUT2D eigenvalue weighted by Crippen LogP contribution is 2.21. The molecule has 1 aromatic heterocycles. The lowest BCUT2D eigenvalue weighted by molar-refractivity contribution is 0.0714. The number of benzene rings is 1. The molecule has 0 spiro atoms. The lowest BCUT2D eigenvalue weighted by Gasteiger charge is -2.35. The SMILES string of the molecule is Nc1ccc(N2CCN(C(=O)c3ccco3)CC2)cc1F. The van der Waals surface area contributed by atoms with E-state index in [9.17, 15) is 9.18 Å². The lowest BCUT2D eigenvalue weighted by Crippen LogP contribution is -2.48. The van der Waals surface area contributed by atoms with Crippen molar-refractivity contribution in [1.29, 1.82) is 0 Å². The van der Waals surface area contributed by atoms with Crippen LogP contribution in [0.1, 0.15) is 10.6 Å². The fourth-order valence-electron chi connectivity index (χ4n) is 2.44. The molecule has 2 N–H and O–H groups in total. The molecule has 1 fully saturated rings. The smallest absolute Gasteiger partial charge is 0.289 e. The first-order valence-corrected chi connectivity index (χ1v) is 6.78. The summed E-state index contributed by atoms with van der Waals surface area (Å²) in [6.07, 6.45) is 1.49. The number of nitrogens with zero attached hydrogens (tertiary/aromatic N) is 2. The molecule has 1 saturated heterocycles. The van der Waals surface area contributed by atoms with Gasteiger partial charge in [0.1, 0.15) is 5.82 Å². The summed E-state index contributed by atoms with van der Waals surface area (Å²) in [5, 5.41) is 0. The first-order valence-electron chi connectivity index (χ1n) is 6.78. The largest absolute Gasteiger partial charge is 0.459 e. The van der Waals surface area contributed by atoms with E-state index in [1.165, 1.54) is 12.3 Å². The molecule has 2 heterocycles. The Labute approximate surface area is 121 Å². The van der Waals surface area contributed by atoms with Crippen LogP contribution in [0, 0.1) is 5.82 Å². The number of amides is 1. The average molecular weight is 289 g/mol. The van der Waals surface area contributed by atoms with Gasteiger partial charge in [-0.15, -0.1) is 0 Å². The third-order valence-electron chi connectivity index (χ3n) is 3.65. The van der Waals surface area contributed by atoms with Crippen LogP contribution >= 0.6 is 0 Å². The minimum atomic E-state index is -0.415. The zero-order chi connectivity index (χ0) is 14.8. The predicted octanol–water partition coefficient (Wildman–Crippen LogP) is 1.96. The second-order valence-corrected chi connectivity index (χ2v) is 4.96. The standard InChI is InChI=1S/C15H16FN3O2/c16-12-10-11(3-4-13(12)17)18-5-7-19(8-6-18)15(20)14-2-1-9-21-14/h1-4,9-10H,5-8,17H2. The summed E-state index contributed by atoms with van der Waals surface area (Å²) in [5.41, 5.74) is 6.41. The Hall–Kier alpha value is -2.50. The molecule has 1 aromatic carbocycles. The van der Waals surface area contributed by atoms with Crippen LogP contribution in [0.25, 0.3) is 0 Å². The molecular formula is C15H16FN3O2. The fourth-order valence-corrected chi connectivity index (χ4v) is 2.44. The Morgan fingerprint density at radius 2 is 1.95 bits per heavy atom. The van der Waals surface area contributed by atoms with E-state index in [1.54, 1.807) is 29.2 Å². The average Bonchev–Trinajstić information content (AvgIpc) is 3.04. The maximum atomic E-state index is 13.5. The van der Waals surface area contributed by atoms with Crippen molar-refractivity contribution >= 4 is 17.3 Å². The first-order chi connectivity index (χ1) is 10.1. The van der Waals surface area contributed by atoms with E-state index in [0.29, 0.717) is 31.9 Å². The second-order valence-electron chi connectivity index (χ2n) is 4.96. The molecule has 2 aromatic rings. The Balaban J connectivity index is 1.65. The summed E-state index contributed by atoms with van der Waals surface area (Å²) in [7, 11) is 0. The van der Waals surface area contributed by atoms with Gasteiger partial charge in [0.2, 0.25) is 0 Å². The molecular weight excluding hydrogens is 273 g/mol. The summed E-state index contributed by atoms with van der Waals surface area (Å²) in [6, 6.07) is 8.14.